The predicted octanol–water partition coefficient (Wildman–Crippen LogP) is 2.07. The van der Waals surface area contributed by atoms with E-state index in [0.29, 0.717) is 29.4 Å². The summed E-state index contributed by atoms with van der Waals surface area (Å²) >= 11 is 0. The van der Waals surface area contributed by atoms with Crippen molar-refractivity contribution < 1.29 is 14.3 Å². The Labute approximate surface area is 144 Å². The third kappa shape index (κ3) is 3.57. The van der Waals surface area contributed by atoms with Gasteiger partial charge in [0, 0.05) is 5.69 Å². The van der Waals surface area contributed by atoms with Crippen molar-refractivity contribution in [3.05, 3.63) is 59.9 Å². The Hall–Kier alpha value is -3.42. The standard InChI is InChI=1S/C17H17N5O3/c1-24-13-8-9-15(14(10-13)17(23)25-2)18-11-16-19-20-21-22(16)12-6-4-3-5-7-12/h3-10,18H,11H2,1-2H3. The van der Waals surface area contributed by atoms with Gasteiger partial charge in [-0.1, -0.05) is 18.2 Å². The van der Waals surface area contributed by atoms with E-state index in [4.69, 9.17) is 9.47 Å². The quantitative estimate of drug-likeness (QED) is 0.687. The number of aromatic nitrogens is 4. The van der Waals surface area contributed by atoms with Crippen molar-refractivity contribution in [3.63, 3.8) is 0 Å². The number of para-hydroxylation sites is 1. The van der Waals surface area contributed by atoms with Gasteiger partial charge in [0.15, 0.2) is 5.82 Å². The first kappa shape index (κ1) is 16.4. The summed E-state index contributed by atoms with van der Waals surface area (Å²) < 4.78 is 11.6. The lowest BCUT2D eigenvalue weighted by Crippen LogP contribution is -2.12. The second kappa shape index (κ2) is 7.43. The molecule has 0 aliphatic heterocycles. The zero-order valence-corrected chi connectivity index (χ0v) is 13.8. The monoisotopic (exact) mass is 339 g/mol. The fourth-order valence-corrected chi connectivity index (χ4v) is 2.34. The molecule has 2 aromatic carbocycles. The molecular formula is C17H17N5O3. The number of carbonyl (C=O) groups excluding carboxylic acids is 1. The van der Waals surface area contributed by atoms with E-state index >= 15 is 0 Å². The molecule has 1 N–H and O–H groups in total. The molecule has 3 rings (SSSR count). The third-order valence-corrected chi connectivity index (χ3v) is 3.60. The number of nitrogens with zero attached hydrogens (tertiary/aromatic N) is 4. The van der Waals surface area contributed by atoms with E-state index in [-0.39, 0.29) is 0 Å². The molecule has 0 aliphatic carbocycles. The van der Waals surface area contributed by atoms with Crippen LogP contribution in [0.4, 0.5) is 5.69 Å². The van der Waals surface area contributed by atoms with Crippen LogP contribution in [0.25, 0.3) is 5.69 Å². The van der Waals surface area contributed by atoms with Gasteiger partial charge in [0.1, 0.15) is 5.75 Å². The Kier molecular flexibility index (Phi) is 4.89. The number of hydrogen-bond donors (Lipinski definition) is 1. The van der Waals surface area contributed by atoms with Crippen molar-refractivity contribution in [2.24, 2.45) is 0 Å². The highest BCUT2D eigenvalue weighted by atomic mass is 16.5. The minimum absolute atomic E-state index is 0.332. The van der Waals surface area contributed by atoms with Crippen LogP contribution in [0, 0.1) is 0 Å². The summed E-state index contributed by atoms with van der Waals surface area (Å²) in [4.78, 5) is 12.0. The normalized spacial score (nSPS) is 10.3. The molecule has 0 radical (unpaired) electrons. The third-order valence-electron chi connectivity index (χ3n) is 3.60. The summed E-state index contributed by atoms with van der Waals surface area (Å²) in [7, 11) is 2.87. The van der Waals surface area contributed by atoms with Crippen LogP contribution in [-0.2, 0) is 11.3 Å². The number of nitrogens with one attached hydrogen (secondary N) is 1. The minimum atomic E-state index is -0.455. The first-order chi connectivity index (χ1) is 12.2. The van der Waals surface area contributed by atoms with Crippen LogP contribution in [0.2, 0.25) is 0 Å². The number of rotatable bonds is 6. The van der Waals surface area contributed by atoms with Crippen molar-refractivity contribution in [2.45, 2.75) is 6.54 Å². The van der Waals surface area contributed by atoms with Crippen molar-refractivity contribution in [2.75, 3.05) is 19.5 Å². The molecule has 0 unspecified atom stereocenters. The van der Waals surface area contributed by atoms with Gasteiger partial charge in [-0.15, -0.1) is 5.10 Å². The van der Waals surface area contributed by atoms with E-state index < -0.39 is 5.97 Å². The van der Waals surface area contributed by atoms with Gasteiger partial charge in [-0.05, 0) is 40.8 Å². The maximum absolute atomic E-state index is 12.0. The number of tetrazole rings is 1. The molecule has 0 fully saturated rings. The SMILES string of the molecule is COC(=O)c1cc(OC)ccc1NCc1nnnn1-c1ccccc1. The molecule has 0 aliphatic rings. The molecular weight excluding hydrogens is 322 g/mol. The molecule has 1 aromatic heterocycles. The van der Waals surface area contributed by atoms with Gasteiger partial charge in [0.25, 0.3) is 0 Å². The van der Waals surface area contributed by atoms with Gasteiger partial charge in [-0.2, -0.15) is 4.68 Å². The van der Waals surface area contributed by atoms with Crippen LogP contribution in [-0.4, -0.2) is 40.4 Å². The van der Waals surface area contributed by atoms with E-state index in [9.17, 15) is 4.79 Å². The molecule has 8 heteroatoms. The summed E-state index contributed by atoms with van der Waals surface area (Å²) in [6.07, 6.45) is 0. The van der Waals surface area contributed by atoms with Gasteiger partial charge in [0.05, 0.1) is 32.0 Å². The smallest absolute Gasteiger partial charge is 0.340 e. The van der Waals surface area contributed by atoms with Gasteiger partial charge < -0.3 is 14.8 Å². The van der Waals surface area contributed by atoms with Crippen LogP contribution >= 0.6 is 0 Å². The second-order valence-corrected chi connectivity index (χ2v) is 5.10. The summed E-state index contributed by atoms with van der Waals surface area (Å²) in [6.45, 7) is 0.332. The molecule has 1 heterocycles. The Morgan fingerprint density at radius 2 is 1.96 bits per heavy atom. The summed E-state index contributed by atoms with van der Waals surface area (Å²) in [5.41, 5.74) is 1.84. The maximum Gasteiger partial charge on any atom is 0.340 e. The van der Waals surface area contributed by atoms with Crippen molar-refractivity contribution in [1.82, 2.24) is 20.2 Å². The Morgan fingerprint density at radius 1 is 1.16 bits per heavy atom. The Morgan fingerprint density at radius 3 is 2.68 bits per heavy atom. The van der Waals surface area contributed by atoms with Crippen LogP contribution in [0.15, 0.2) is 48.5 Å². The lowest BCUT2D eigenvalue weighted by atomic mass is 10.1. The van der Waals surface area contributed by atoms with E-state index in [2.05, 4.69) is 20.8 Å². The number of hydrogen-bond acceptors (Lipinski definition) is 7. The maximum atomic E-state index is 12.0. The number of methoxy groups -OCH3 is 2. The molecule has 0 spiro atoms. The highest BCUT2D eigenvalue weighted by Crippen LogP contribution is 2.23. The number of carbonyl (C=O) groups is 1. The summed E-state index contributed by atoms with van der Waals surface area (Å²) in [5, 5.41) is 14.9. The Bertz CT molecular complexity index is 864. The average Bonchev–Trinajstić information content (AvgIpc) is 3.15. The van der Waals surface area contributed by atoms with E-state index in [1.807, 2.05) is 30.3 Å². The van der Waals surface area contributed by atoms with Crippen LogP contribution in [0.3, 0.4) is 0 Å². The second-order valence-electron chi connectivity index (χ2n) is 5.10. The van der Waals surface area contributed by atoms with Crippen LogP contribution in [0.1, 0.15) is 16.2 Å². The van der Waals surface area contributed by atoms with E-state index in [1.165, 1.54) is 14.2 Å². The number of anilines is 1. The Balaban J connectivity index is 1.83. The number of benzene rings is 2. The molecule has 3 aromatic rings. The van der Waals surface area contributed by atoms with Crippen molar-refractivity contribution in [1.29, 1.82) is 0 Å². The summed E-state index contributed by atoms with van der Waals surface area (Å²) in [5.74, 6) is 0.724. The average molecular weight is 339 g/mol. The zero-order chi connectivity index (χ0) is 17.6. The molecule has 25 heavy (non-hydrogen) atoms. The highest BCUT2D eigenvalue weighted by molar-refractivity contribution is 5.96. The van der Waals surface area contributed by atoms with Gasteiger partial charge in [-0.3, -0.25) is 0 Å². The molecule has 128 valence electrons. The van der Waals surface area contributed by atoms with E-state index in [0.717, 1.165) is 5.69 Å². The lowest BCUT2D eigenvalue weighted by molar-refractivity contribution is 0.0601. The topological polar surface area (TPSA) is 91.2 Å². The molecule has 0 atom stereocenters. The molecule has 8 nitrogen and oxygen atoms in total. The predicted molar refractivity (Wildman–Crippen MR) is 90.8 cm³/mol. The van der Waals surface area contributed by atoms with Crippen molar-refractivity contribution in [3.8, 4) is 11.4 Å². The van der Waals surface area contributed by atoms with Crippen LogP contribution < -0.4 is 10.1 Å². The summed E-state index contributed by atoms with van der Waals surface area (Å²) in [6, 6.07) is 14.7. The first-order valence-electron chi connectivity index (χ1n) is 7.56. The molecule has 0 amide bonds. The van der Waals surface area contributed by atoms with Crippen molar-refractivity contribution >= 4 is 11.7 Å². The first-order valence-corrected chi connectivity index (χ1v) is 7.56. The largest absolute Gasteiger partial charge is 0.497 e. The van der Waals surface area contributed by atoms with Crippen LogP contribution in [0.5, 0.6) is 5.75 Å². The van der Waals surface area contributed by atoms with Gasteiger partial charge >= 0.3 is 5.97 Å². The zero-order valence-electron chi connectivity index (χ0n) is 13.8. The number of esters is 1. The molecule has 0 saturated carbocycles. The van der Waals surface area contributed by atoms with Gasteiger partial charge in [0.2, 0.25) is 0 Å². The molecule has 0 bridgehead atoms. The fourth-order valence-electron chi connectivity index (χ4n) is 2.34. The minimum Gasteiger partial charge on any atom is -0.497 e. The fraction of sp³-hybridized carbons (Fsp3) is 0.176. The lowest BCUT2D eigenvalue weighted by Gasteiger charge is -2.12. The van der Waals surface area contributed by atoms with E-state index in [1.54, 1.807) is 22.9 Å². The number of ether oxygens (including phenoxy) is 2. The van der Waals surface area contributed by atoms with Gasteiger partial charge in [-0.25, -0.2) is 4.79 Å². The highest BCUT2D eigenvalue weighted by Gasteiger charge is 2.15. The molecule has 0 saturated heterocycles.